The molecular weight excluding hydrogens is 208 g/mol. The number of hydrogen-bond acceptors (Lipinski definition) is 5. The minimum absolute atomic E-state index is 0.334. The number of aryl methyl sites for hydroxylation is 1. The summed E-state index contributed by atoms with van der Waals surface area (Å²) < 4.78 is 5.01. The van der Waals surface area contributed by atoms with E-state index in [1.807, 2.05) is 6.92 Å². The average Bonchev–Trinajstić information content (AvgIpc) is 2.28. The van der Waals surface area contributed by atoms with Crippen molar-refractivity contribution in [3.63, 3.8) is 0 Å². The fourth-order valence-corrected chi connectivity index (χ4v) is 1.51. The van der Waals surface area contributed by atoms with Crippen molar-refractivity contribution >= 4 is 0 Å². The third kappa shape index (κ3) is 2.91. The van der Waals surface area contributed by atoms with E-state index in [1.54, 1.807) is 6.07 Å². The van der Waals surface area contributed by atoms with Gasteiger partial charge in [0.25, 0.3) is 0 Å². The van der Waals surface area contributed by atoms with Crippen LogP contribution in [0.15, 0.2) is 12.3 Å². The van der Waals surface area contributed by atoms with E-state index < -0.39 is 12.2 Å². The number of nitrogens with zero attached hydrogens (tertiary/aromatic N) is 1. The number of aliphatic hydroxyl groups is 2. The standard InChI is InChI=1S/C11H18N2O3/c1-7-5-8(6-13-11(7)16-2)10(15)9(14)3-4-12/h5-6,9-10,14-15H,3-4,12H2,1-2H3. The zero-order chi connectivity index (χ0) is 12.1. The fourth-order valence-electron chi connectivity index (χ4n) is 1.51. The molecule has 0 aliphatic heterocycles. The van der Waals surface area contributed by atoms with Gasteiger partial charge in [0.2, 0.25) is 5.88 Å². The highest BCUT2D eigenvalue weighted by molar-refractivity contribution is 5.29. The Morgan fingerprint density at radius 1 is 1.50 bits per heavy atom. The normalized spacial score (nSPS) is 14.6. The Hall–Kier alpha value is -1.17. The van der Waals surface area contributed by atoms with Crippen LogP contribution in [0.2, 0.25) is 0 Å². The Labute approximate surface area is 94.9 Å². The van der Waals surface area contributed by atoms with Gasteiger partial charge in [0.1, 0.15) is 6.10 Å². The number of pyridine rings is 1. The molecule has 90 valence electrons. The quantitative estimate of drug-likeness (QED) is 0.664. The van der Waals surface area contributed by atoms with Crippen LogP contribution in [0, 0.1) is 6.92 Å². The van der Waals surface area contributed by atoms with Gasteiger partial charge in [0.05, 0.1) is 13.2 Å². The molecule has 0 aromatic carbocycles. The summed E-state index contributed by atoms with van der Waals surface area (Å²) in [5.74, 6) is 0.518. The maximum Gasteiger partial charge on any atom is 0.215 e. The summed E-state index contributed by atoms with van der Waals surface area (Å²) in [6, 6.07) is 1.75. The number of ether oxygens (including phenoxy) is 1. The maximum absolute atomic E-state index is 9.82. The molecule has 0 saturated heterocycles. The fraction of sp³-hybridized carbons (Fsp3) is 0.545. The maximum atomic E-state index is 9.82. The Morgan fingerprint density at radius 3 is 2.69 bits per heavy atom. The zero-order valence-electron chi connectivity index (χ0n) is 9.55. The number of aromatic nitrogens is 1. The Bertz CT molecular complexity index is 344. The first-order valence-electron chi connectivity index (χ1n) is 5.17. The molecule has 0 aliphatic rings. The summed E-state index contributed by atoms with van der Waals surface area (Å²) in [5.41, 5.74) is 6.70. The Kier molecular flexibility index (Phi) is 4.67. The van der Waals surface area contributed by atoms with Crippen LogP contribution in [0.1, 0.15) is 23.7 Å². The first kappa shape index (κ1) is 12.9. The monoisotopic (exact) mass is 226 g/mol. The van der Waals surface area contributed by atoms with Crippen LogP contribution in [0.4, 0.5) is 0 Å². The van der Waals surface area contributed by atoms with Crippen molar-refractivity contribution in [2.24, 2.45) is 5.73 Å². The molecule has 0 spiro atoms. The van der Waals surface area contributed by atoms with Gasteiger partial charge in [-0.05, 0) is 26.0 Å². The lowest BCUT2D eigenvalue weighted by Gasteiger charge is -2.17. The summed E-state index contributed by atoms with van der Waals surface area (Å²) in [5, 5.41) is 19.4. The molecule has 0 aliphatic carbocycles. The molecule has 1 aromatic rings. The summed E-state index contributed by atoms with van der Waals surface area (Å²) in [4.78, 5) is 4.04. The second-order valence-electron chi connectivity index (χ2n) is 3.68. The van der Waals surface area contributed by atoms with Crippen LogP contribution in [0.3, 0.4) is 0 Å². The Balaban J connectivity index is 2.84. The smallest absolute Gasteiger partial charge is 0.215 e. The van der Waals surface area contributed by atoms with Gasteiger partial charge in [-0.15, -0.1) is 0 Å². The SMILES string of the molecule is COc1ncc(C(O)C(O)CCN)cc1C. The first-order chi connectivity index (χ1) is 7.60. The van der Waals surface area contributed by atoms with E-state index >= 15 is 0 Å². The van der Waals surface area contributed by atoms with Gasteiger partial charge in [0.15, 0.2) is 0 Å². The summed E-state index contributed by atoms with van der Waals surface area (Å²) in [7, 11) is 1.54. The Morgan fingerprint density at radius 2 is 2.19 bits per heavy atom. The highest BCUT2D eigenvalue weighted by atomic mass is 16.5. The summed E-state index contributed by atoms with van der Waals surface area (Å²) >= 11 is 0. The van der Waals surface area contributed by atoms with Gasteiger partial charge in [-0.2, -0.15) is 0 Å². The number of rotatable bonds is 5. The van der Waals surface area contributed by atoms with E-state index in [9.17, 15) is 10.2 Å². The topological polar surface area (TPSA) is 88.6 Å². The number of aliphatic hydroxyl groups excluding tert-OH is 2. The van der Waals surface area contributed by atoms with Crippen molar-refractivity contribution in [3.05, 3.63) is 23.4 Å². The molecular formula is C11H18N2O3. The third-order valence-corrected chi connectivity index (χ3v) is 2.41. The van der Waals surface area contributed by atoms with Crippen LogP contribution in [-0.4, -0.2) is 35.0 Å². The molecule has 0 saturated carbocycles. The second kappa shape index (κ2) is 5.79. The van der Waals surface area contributed by atoms with Gasteiger partial charge in [-0.25, -0.2) is 4.98 Å². The molecule has 2 atom stereocenters. The summed E-state index contributed by atoms with van der Waals surface area (Å²) in [6.07, 6.45) is 0.0305. The van der Waals surface area contributed by atoms with Crippen LogP contribution < -0.4 is 10.5 Å². The lowest BCUT2D eigenvalue weighted by atomic mass is 10.0. The number of hydrogen-bond donors (Lipinski definition) is 3. The van der Waals surface area contributed by atoms with Crippen LogP contribution in [-0.2, 0) is 0 Å². The zero-order valence-corrected chi connectivity index (χ0v) is 9.55. The minimum atomic E-state index is -0.958. The van der Waals surface area contributed by atoms with Crippen molar-refractivity contribution < 1.29 is 14.9 Å². The van der Waals surface area contributed by atoms with E-state index in [0.29, 0.717) is 24.4 Å². The molecule has 5 heteroatoms. The van der Waals surface area contributed by atoms with Crippen molar-refractivity contribution in [1.82, 2.24) is 4.98 Å². The van der Waals surface area contributed by atoms with Crippen molar-refractivity contribution in [2.45, 2.75) is 25.6 Å². The van der Waals surface area contributed by atoms with Gasteiger partial charge in [-0.3, -0.25) is 0 Å². The van der Waals surface area contributed by atoms with Gasteiger partial charge in [0, 0.05) is 17.3 Å². The van der Waals surface area contributed by atoms with Crippen LogP contribution in [0.25, 0.3) is 0 Å². The van der Waals surface area contributed by atoms with Crippen molar-refractivity contribution in [3.8, 4) is 5.88 Å². The van der Waals surface area contributed by atoms with E-state index in [0.717, 1.165) is 5.56 Å². The largest absolute Gasteiger partial charge is 0.481 e. The van der Waals surface area contributed by atoms with Crippen molar-refractivity contribution in [2.75, 3.05) is 13.7 Å². The molecule has 16 heavy (non-hydrogen) atoms. The molecule has 1 rings (SSSR count). The molecule has 0 amide bonds. The lowest BCUT2D eigenvalue weighted by Crippen LogP contribution is -2.22. The third-order valence-electron chi connectivity index (χ3n) is 2.41. The van der Waals surface area contributed by atoms with Gasteiger partial charge < -0.3 is 20.7 Å². The number of methoxy groups -OCH3 is 1. The molecule has 0 radical (unpaired) electrons. The van der Waals surface area contributed by atoms with Gasteiger partial charge in [-0.1, -0.05) is 0 Å². The molecule has 0 fully saturated rings. The molecule has 0 bridgehead atoms. The molecule has 4 N–H and O–H groups in total. The summed E-state index contributed by atoms with van der Waals surface area (Å²) in [6.45, 7) is 2.16. The highest BCUT2D eigenvalue weighted by Gasteiger charge is 2.18. The van der Waals surface area contributed by atoms with E-state index in [1.165, 1.54) is 13.3 Å². The second-order valence-corrected chi connectivity index (χ2v) is 3.68. The van der Waals surface area contributed by atoms with E-state index in [4.69, 9.17) is 10.5 Å². The van der Waals surface area contributed by atoms with E-state index in [-0.39, 0.29) is 0 Å². The van der Waals surface area contributed by atoms with E-state index in [2.05, 4.69) is 4.98 Å². The first-order valence-corrected chi connectivity index (χ1v) is 5.17. The van der Waals surface area contributed by atoms with Crippen LogP contribution in [0.5, 0.6) is 5.88 Å². The lowest BCUT2D eigenvalue weighted by molar-refractivity contribution is 0.0147. The predicted octanol–water partition coefficient (Wildman–Crippen LogP) is 0.142. The molecule has 5 nitrogen and oxygen atoms in total. The van der Waals surface area contributed by atoms with Crippen LogP contribution >= 0.6 is 0 Å². The molecule has 2 unspecified atom stereocenters. The molecule has 1 aromatic heterocycles. The van der Waals surface area contributed by atoms with Gasteiger partial charge >= 0.3 is 0 Å². The highest BCUT2D eigenvalue weighted by Crippen LogP contribution is 2.22. The number of nitrogens with two attached hydrogens (primary N) is 1. The average molecular weight is 226 g/mol. The predicted molar refractivity (Wildman–Crippen MR) is 60.2 cm³/mol. The molecule has 1 heterocycles. The van der Waals surface area contributed by atoms with Crippen molar-refractivity contribution in [1.29, 1.82) is 0 Å². The minimum Gasteiger partial charge on any atom is -0.481 e.